The lowest BCUT2D eigenvalue weighted by Gasteiger charge is -2.15. The molecule has 2 aromatic carbocycles. The van der Waals surface area contributed by atoms with Gasteiger partial charge in [0.1, 0.15) is 5.75 Å². The van der Waals surface area contributed by atoms with Crippen LogP contribution < -0.4 is 24.8 Å². The molecule has 0 aromatic heterocycles. The Labute approximate surface area is 203 Å². The quantitative estimate of drug-likeness (QED) is 0.406. The van der Waals surface area contributed by atoms with E-state index in [9.17, 15) is 4.79 Å². The van der Waals surface area contributed by atoms with Gasteiger partial charge in [-0.3, -0.25) is 10.1 Å². The van der Waals surface area contributed by atoms with Crippen molar-refractivity contribution in [2.45, 2.75) is 47.1 Å². The van der Waals surface area contributed by atoms with Crippen molar-refractivity contribution >= 4 is 23.2 Å². The number of carbonyl (C=O) groups is 1. The zero-order valence-electron chi connectivity index (χ0n) is 20.3. The van der Waals surface area contributed by atoms with E-state index < -0.39 is 0 Å². The van der Waals surface area contributed by atoms with Crippen molar-refractivity contribution in [3.63, 3.8) is 0 Å². The number of para-hydroxylation sites is 1. The van der Waals surface area contributed by atoms with Gasteiger partial charge in [0, 0.05) is 6.54 Å². The van der Waals surface area contributed by atoms with Gasteiger partial charge in [0.2, 0.25) is 0 Å². The van der Waals surface area contributed by atoms with E-state index >= 15 is 0 Å². The maximum Gasteiger partial charge on any atom is 0.261 e. The lowest BCUT2D eigenvalue weighted by molar-refractivity contribution is 0.0972. The molecule has 33 heavy (non-hydrogen) atoms. The maximum absolute atomic E-state index is 12.7. The topological polar surface area (TPSA) is 68.8 Å². The van der Waals surface area contributed by atoms with E-state index in [2.05, 4.69) is 38.3 Å². The van der Waals surface area contributed by atoms with Crippen LogP contribution in [0.4, 0.5) is 0 Å². The van der Waals surface area contributed by atoms with Gasteiger partial charge in [-0.25, -0.2) is 0 Å². The second-order valence-corrected chi connectivity index (χ2v) is 9.09. The van der Waals surface area contributed by atoms with Crippen LogP contribution >= 0.6 is 12.2 Å². The summed E-state index contributed by atoms with van der Waals surface area (Å²) in [4.78, 5) is 12.7. The Bertz CT molecular complexity index is 915. The van der Waals surface area contributed by atoms with Crippen LogP contribution in [0.15, 0.2) is 42.5 Å². The number of ether oxygens (including phenoxy) is 3. The highest BCUT2D eigenvalue weighted by Crippen LogP contribution is 2.28. The van der Waals surface area contributed by atoms with Crippen molar-refractivity contribution in [3.05, 3.63) is 53.6 Å². The van der Waals surface area contributed by atoms with Gasteiger partial charge in [-0.2, -0.15) is 0 Å². The summed E-state index contributed by atoms with van der Waals surface area (Å²) in [5.74, 6) is 2.74. The SMILES string of the molecule is COc1cc(CNC(=S)NC(=O)c2ccccc2OCCC(C)C)ccc1OCCC(C)C. The Morgan fingerprint density at radius 2 is 1.55 bits per heavy atom. The average Bonchev–Trinajstić information content (AvgIpc) is 2.78. The van der Waals surface area contributed by atoms with Gasteiger partial charge in [-0.15, -0.1) is 0 Å². The number of hydrogen-bond donors (Lipinski definition) is 2. The smallest absolute Gasteiger partial charge is 0.261 e. The number of thiocarbonyl (C=S) groups is 1. The summed E-state index contributed by atoms with van der Waals surface area (Å²) < 4.78 is 17.1. The molecule has 180 valence electrons. The van der Waals surface area contributed by atoms with Crippen LogP contribution in [-0.4, -0.2) is 31.3 Å². The summed E-state index contributed by atoms with van der Waals surface area (Å²) >= 11 is 5.32. The highest BCUT2D eigenvalue weighted by Gasteiger charge is 2.14. The fourth-order valence-electron chi connectivity index (χ4n) is 2.93. The number of nitrogens with one attached hydrogen (secondary N) is 2. The van der Waals surface area contributed by atoms with Crippen LogP contribution in [-0.2, 0) is 6.54 Å². The van der Waals surface area contributed by atoms with E-state index in [1.807, 2.05) is 24.3 Å². The Balaban J connectivity index is 1.90. The van der Waals surface area contributed by atoms with Gasteiger partial charge < -0.3 is 19.5 Å². The molecule has 1 amide bonds. The summed E-state index contributed by atoms with van der Waals surface area (Å²) in [5, 5.41) is 6.04. The summed E-state index contributed by atoms with van der Waals surface area (Å²) in [5.41, 5.74) is 1.41. The number of rotatable bonds is 12. The molecule has 0 unspecified atom stereocenters. The second-order valence-electron chi connectivity index (χ2n) is 8.68. The molecule has 0 spiro atoms. The van der Waals surface area contributed by atoms with Gasteiger partial charge in [-0.05, 0) is 66.7 Å². The van der Waals surface area contributed by atoms with E-state index in [-0.39, 0.29) is 11.0 Å². The van der Waals surface area contributed by atoms with Crippen LogP contribution in [0.3, 0.4) is 0 Å². The third-order valence-electron chi connectivity index (χ3n) is 4.95. The summed E-state index contributed by atoms with van der Waals surface area (Å²) in [6.45, 7) is 10.2. The Morgan fingerprint density at radius 1 is 0.909 bits per heavy atom. The van der Waals surface area contributed by atoms with Crippen LogP contribution in [0.1, 0.15) is 56.5 Å². The van der Waals surface area contributed by atoms with E-state index in [1.165, 1.54) is 0 Å². The molecule has 6 nitrogen and oxygen atoms in total. The van der Waals surface area contributed by atoms with Gasteiger partial charge in [-0.1, -0.05) is 45.9 Å². The van der Waals surface area contributed by atoms with Crippen LogP contribution in [0, 0.1) is 11.8 Å². The monoisotopic (exact) mass is 472 g/mol. The van der Waals surface area contributed by atoms with Gasteiger partial charge >= 0.3 is 0 Å². The third kappa shape index (κ3) is 9.30. The molecule has 2 rings (SSSR count). The number of methoxy groups -OCH3 is 1. The predicted octanol–water partition coefficient (Wildman–Crippen LogP) is 5.35. The highest BCUT2D eigenvalue weighted by atomic mass is 32.1. The minimum Gasteiger partial charge on any atom is -0.493 e. The Morgan fingerprint density at radius 3 is 2.18 bits per heavy atom. The van der Waals surface area contributed by atoms with Crippen molar-refractivity contribution in [3.8, 4) is 17.2 Å². The first-order valence-corrected chi connectivity index (χ1v) is 11.8. The zero-order chi connectivity index (χ0) is 24.2. The average molecular weight is 473 g/mol. The molecule has 2 aromatic rings. The number of carbonyl (C=O) groups excluding carboxylic acids is 1. The second kappa shape index (κ2) is 13.7. The van der Waals surface area contributed by atoms with Gasteiger partial charge in [0.15, 0.2) is 16.6 Å². The van der Waals surface area contributed by atoms with E-state index in [1.54, 1.807) is 25.3 Å². The molecule has 0 saturated heterocycles. The Hall–Kier alpha value is -2.80. The third-order valence-corrected chi connectivity index (χ3v) is 5.19. The zero-order valence-corrected chi connectivity index (χ0v) is 21.1. The number of amides is 1. The fraction of sp³-hybridized carbons (Fsp3) is 0.462. The molecular formula is C26H36N2O4S. The van der Waals surface area contributed by atoms with Crippen LogP contribution in [0.25, 0.3) is 0 Å². The van der Waals surface area contributed by atoms with Gasteiger partial charge in [0.05, 0.1) is 25.9 Å². The molecule has 0 heterocycles. The molecule has 0 radical (unpaired) electrons. The maximum atomic E-state index is 12.7. The molecule has 0 aliphatic carbocycles. The van der Waals surface area contributed by atoms with E-state index in [0.717, 1.165) is 18.4 Å². The standard InChI is InChI=1S/C26H36N2O4S/c1-18(2)12-14-31-22-9-7-6-8-21(22)25(29)28-26(33)27-17-20-10-11-23(24(16-20)30-5)32-15-13-19(3)4/h6-11,16,18-19H,12-15,17H2,1-5H3,(H2,27,28,29,33). The minimum absolute atomic E-state index is 0.244. The summed E-state index contributed by atoms with van der Waals surface area (Å²) in [6.07, 6.45) is 1.90. The highest BCUT2D eigenvalue weighted by molar-refractivity contribution is 7.80. The molecule has 0 saturated carbocycles. The predicted molar refractivity (Wildman–Crippen MR) is 136 cm³/mol. The number of benzene rings is 2. The van der Waals surface area contributed by atoms with Crippen molar-refractivity contribution < 1.29 is 19.0 Å². The minimum atomic E-state index is -0.306. The van der Waals surface area contributed by atoms with Crippen LogP contribution in [0.5, 0.6) is 17.2 Å². The first-order valence-electron chi connectivity index (χ1n) is 11.4. The molecule has 0 atom stereocenters. The van der Waals surface area contributed by atoms with Crippen molar-refractivity contribution in [1.29, 1.82) is 0 Å². The summed E-state index contributed by atoms with van der Waals surface area (Å²) in [7, 11) is 1.62. The Kier molecular flexibility index (Phi) is 11.0. The molecule has 0 aliphatic heterocycles. The lowest BCUT2D eigenvalue weighted by atomic mass is 10.1. The lowest BCUT2D eigenvalue weighted by Crippen LogP contribution is -2.39. The van der Waals surface area contributed by atoms with E-state index in [0.29, 0.717) is 54.4 Å². The number of hydrogen-bond acceptors (Lipinski definition) is 5. The molecule has 0 aliphatic rings. The first-order chi connectivity index (χ1) is 15.8. The molecule has 0 fully saturated rings. The van der Waals surface area contributed by atoms with Crippen molar-refractivity contribution in [1.82, 2.24) is 10.6 Å². The summed E-state index contributed by atoms with van der Waals surface area (Å²) in [6, 6.07) is 12.9. The largest absolute Gasteiger partial charge is 0.493 e. The molecule has 7 heteroatoms. The molecule has 0 bridgehead atoms. The van der Waals surface area contributed by atoms with E-state index in [4.69, 9.17) is 26.4 Å². The van der Waals surface area contributed by atoms with Crippen molar-refractivity contribution in [2.24, 2.45) is 11.8 Å². The molecule has 2 N–H and O–H groups in total. The van der Waals surface area contributed by atoms with Crippen LogP contribution in [0.2, 0.25) is 0 Å². The fourth-order valence-corrected chi connectivity index (χ4v) is 3.09. The van der Waals surface area contributed by atoms with Crippen molar-refractivity contribution in [2.75, 3.05) is 20.3 Å². The van der Waals surface area contributed by atoms with Gasteiger partial charge in [0.25, 0.3) is 5.91 Å². The first kappa shape index (κ1) is 26.5. The normalized spacial score (nSPS) is 10.8. The molecular weight excluding hydrogens is 436 g/mol.